The molecule has 0 spiro atoms. The fraction of sp³-hybridized carbons (Fsp3) is 0.226. The van der Waals surface area contributed by atoms with E-state index in [-0.39, 0.29) is 23.8 Å². The summed E-state index contributed by atoms with van der Waals surface area (Å²) in [6, 6.07) is 18.9. The third kappa shape index (κ3) is 3.96. The Morgan fingerprint density at radius 1 is 1.03 bits per heavy atom. The summed E-state index contributed by atoms with van der Waals surface area (Å²) in [6.07, 6.45) is 5.39. The maximum atomic E-state index is 13.7. The lowest BCUT2D eigenvalue weighted by molar-refractivity contribution is -0.124. The van der Waals surface area contributed by atoms with Crippen LogP contribution < -0.4 is 10.2 Å². The Morgan fingerprint density at radius 3 is 2.79 bits per heavy atom. The number of benzene rings is 3. The molecule has 39 heavy (non-hydrogen) atoms. The zero-order chi connectivity index (χ0) is 26.7. The van der Waals surface area contributed by atoms with Gasteiger partial charge in [-0.05, 0) is 60.1 Å². The number of halogens is 1. The van der Waals surface area contributed by atoms with Crippen LogP contribution in [0.2, 0.25) is 5.02 Å². The van der Waals surface area contributed by atoms with Crippen LogP contribution in [0.25, 0.3) is 33.0 Å². The van der Waals surface area contributed by atoms with Gasteiger partial charge in [-0.2, -0.15) is 0 Å². The number of fused-ring (bicyclic) bond motifs is 3. The highest BCUT2D eigenvalue weighted by molar-refractivity contribution is 6.32. The Hall–Kier alpha value is -4.23. The van der Waals surface area contributed by atoms with Gasteiger partial charge in [-0.25, -0.2) is 14.7 Å². The first-order valence-corrected chi connectivity index (χ1v) is 13.5. The molecule has 5 aromatic rings. The molecule has 1 aliphatic carbocycles. The summed E-state index contributed by atoms with van der Waals surface area (Å²) in [4.78, 5) is 37.1. The van der Waals surface area contributed by atoms with Crippen molar-refractivity contribution in [2.24, 2.45) is 5.92 Å². The van der Waals surface area contributed by atoms with Gasteiger partial charge in [0.25, 0.3) is 0 Å². The molecule has 3 atom stereocenters. The van der Waals surface area contributed by atoms with Gasteiger partial charge in [0.05, 0.1) is 17.8 Å². The molecule has 3 aromatic carbocycles. The van der Waals surface area contributed by atoms with Gasteiger partial charge >= 0.3 is 6.03 Å². The normalized spacial score (nSPS) is 21.3. The number of carbonyl (C=O) groups excluding carboxylic acids is 2. The van der Waals surface area contributed by atoms with Crippen molar-refractivity contribution < 1.29 is 14.0 Å². The summed E-state index contributed by atoms with van der Waals surface area (Å²) in [5.74, 6) is 0.228. The lowest BCUT2D eigenvalue weighted by Gasteiger charge is -2.43. The van der Waals surface area contributed by atoms with Gasteiger partial charge < -0.3 is 9.73 Å². The van der Waals surface area contributed by atoms with E-state index in [2.05, 4.69) is 21.4 Å². The molecule has 2 aromatic heterocycles. The number of urea groups is 1. The lowest BCUT2D eigenvalue weighted by atomic mass is 9.72. The number of oxazole rings is 1. The predicted octanol–water partition coefficient (Wildman–Crippen LogP) is 7.01. The first kappa shape index (κ1) is 23.9. The average molecular weight is 537 g/mol. The minimum Gasteiger partial charge on any atom is -0.441 e. The van der Waals surface area contributed by atoms with Crippen molar-refractivity contribution in [3.05, 3.63) is 89.5 Å². The summed E-state index contributed by atoms with van der Waals surface area (Å²) in [7, 11) is 0. The topological polar surface area (TPSA) is 88.3 Å². The molecule has 1 saturated heterocycles. The van der Waals surface area contributed by atoms with E-state index in [4.69, 9.17) is 16.0 Å². The molecule has 3 unspecified atom stereocenters. The number of hydrogen-bond donors (Lipinski definition) is 1. The van der Waals surface area contributed by atoms with Crippen molar-refractivity contribution in [1.29, 1.82) is 0 Å². The van der Waals surface area contributed by atoms with Crippen LogP contribution in [0.5, 0.6) is 0 Å². The van der Waals surface area contributed by atoms with Crippen LogP contribution in [-0.2, 0) is 4.79 Å². The summed E-state index contributed by atoms with van der Waals surface area (Å²) in [5.41, 5.74) is 5.14. The molecular formula is C31H25ClN4O3. The molecule has 7 rings (SSSR count). The van der Waals surface area contributed by atoms with Crippen LogP contribution in [0.1, 0.15) is 36.6 Å². The van der Waals surface area contributed by atoms with Crippen molar-refractivity contribution in [3.8, 4) is 11.1 Å². The minimum absolute atomic E-state index is 0.0866. The number of nitrogens with one attached hydrogen (secondary N) is 1. The first-order valence-electron chi connectivity index (χ1n) is 13.1. The van der Waals surface area contributed by atoms with E-state index in [1.54, 1.807) is 12.4 Å². The second-order valence-corrected chi connectivity index (χ2v) is 10.7. The molecule has 1 N–H and O–H groups in total. The third-order valence-electron chi connectivity index (χ3n) is 8.05. The Bertz CT molecular complexity index is 1780. The number of amides is 3. The van der Waals surface area contributed by atoms with Gasteiger partial charge in [0, 0.05) is 35.0 Å². The monoisotopic (exact) mass is 536 g/mol. The third-order valence-corrected chi connectivity index (χ3v) is 8.38. The maximum absolute atomic E-state index is 13.7. The Labute approximate surface area is 229 Å². The highest BCUT2D eigenvalue weighted by atomic mass is 35.5. The molecule has 0 bridgehead atoms. The van der Waals surface area contributed by atoms with Gasteiger partial charge in [-0.15, -0.1) is 0 Å². The molecule has 2 aliphatic rings. The van der Waals surface area contributed by atoms with Crippen LogP contribution >= 0.6 is 11.6 Å². The van der Waals surface area contributed by atoms with E-state index in [1.807, 2.05) is 61.5 Å². The Morgan fingerprint density at radius 2 is 1.90 bits per heavy atom. The quantitative estimate of drug-likeness (QED) is 0.268. The zero-order valence-electron chi connectivity index (χ0n) is 21.2. The molecule has 3 heterocycles. The Kier molecular flexibility index (Phi) is 5.63. The van der Waals surface area contributed by atoms with Crippen molar-refractivity contribution in [3.63, 3.8) is 0 Å². The highest BCUT2D eigenvalue weighted by Gasteiger charge is 2.46. The second-order valence-electron chi connectivity index (χ2n) is 10.3. The molecule has 0 radical (unpaired) electrons. The SMILES string of the molecule is Cc1nc2cc(-c3cccc(Cl)c3C3CCC4C(=O)N(c5cncc6ccccc56)C(=O)NC4C3)ccc2o1. The first-order chi connectivity index (χ1) is 19.0. The maximum Gasteiger partial charge on any atom is 0.329 e. The summed E-state index contributed by atoms with van der Waals surface area (Å²) in [6.45, 7) is 1.83. The Balaban J connectivity index is 1.20. The van der Waals surface area contributed by atoms with Gasteiger partial charge in [-0.3, -0.25) is 9.78 Å². The second kappa shape index (κ2) is 9.20. The molecule has 194 valence electrons. The lowest BCUT2D eigenvalue weighted by Crippen LogP contribution is -2.61. The number of imide groups is 1. The number of rotatable bonds is 3. The largest absolute Gasteiger partial charge is 0.441 e. The molecule has 8 heteroatoms. The van der Waals surface area contributed by atoms with E-state index in [0.717, 1.165) is 45.0 Å². The van der Waals surface area contributed by atoms with Crippen molar-refractivity contribution in [2.45, 2.75) is 38.1 Å². The highest BCUT2D eigenvalue weighted by Crippen LogP contribution is 2.45. The van der Waals surface area contributed by atoms with E-state index < -0.39 is 6.03 Å². The van der Waals surface area contributed by atoms with Crippen molar-refractivity contribution in [1.82, 2.24) is 15.3 Å². The molecule has 1 saturated carbocycles. The number of aryl methyl sites for hydroxylation is 1. The number of hydrogen-bond acceptors (Lipinski definition) is 5. The predicted molar refractivity (Wildman–Crippen MR) is 151 cm³/mol. The number of anilines is 1. The zero-order valence-corrected chi connectivity index (χ0v) is 22.0. The number of carbonyl (C=O) groups is 2. The van der Waals surface area contributed by atoms with E-state index in [0.29, 0.717) is 29.4 Å². The standard InChI is InChI=1S/C31H25ClN4O3/c1-17-34-26-13-18(10-12-28(26)39-17)22-7-4-8-24(32)29(22)19-9-11-23-25(14-19)35-31(38)36(30(23)37)27-16-33-15-20-5-2-3-6-21(20)27/h2-8,10,12-13,15-16,19,23,25H,9,11,14H2,1H3,(H,35,38). The van der Waals surface area contributed by atoms with Crippen molar-refractivity contribution >= 4 is 51.1 Å². The summed E-state index contributed by atoms with van der Waals surface area (Å²) in [5, 5.41) is 5.53. The summed E-state index contributed by atoms with van der Waals surface area (Å²) < 4.78 is 5.66. The van der Waals surface area contributed by atoms with Crippen LogP contribution in [-0.4, -0.2) is 27.9 Å². The smallest absolute Gasteiger partial charge is 0.329 e. The average Bonchev–Trinajstić information content (AvgIpc) is 3.32. The van der Waals surface area contributed by atoms with Gasteiger partial charge in [-0.1, -0.05) is 54.1 Å². The van der Waals surface area contributed by atoms with Crippen molar-refractivity contribution in [2.75, 3.05) is 4.90 Å². The van der Waals surface area contributed by atoms with Crippen LogP contribution in [0.4, 0.5) is 10.5 Å². The molecule has 3 amide bonds. The molecule has 7 nitrogen and oxygen atoms in total. The fourth-order valence-electron chi connectivity index (χ4n) is 6.30. The minimum atomic E-state index is -0.411. The van der Waals surface area contributed by atoms with E-state index >= 15 is 0 Å². The number of aromatic nitrogens is 2. The van der Waals surface area contributed by atoms with Crippen LogP contribution in [0.3, 0.4) is 0 Å². The van der Waals surface area contributed by atoms with Crippen LogP contribution in [0, 0.1) is 12.8 Å². The van der Waals surface area contributed by atoms with Gasteiger partial charge in [0.2, 0.25) is 5.91 Å². The van der Waals surface area contributed by atoms with Gasteiger partial charge in [0.15, 0.2) is 11.5 Å². The molecule has 2 fully saturated rings. The number of pyridine rings is 1. The summed E-state index contributed by atoms with van der Waals surface area (Å²) >= 11 is 6.82. The van der Waals surface area contributed by atoms with E-state index in [1.165, 1.54) is 4.90 Å². The van der Waals surface area contributed by atoms with E-state index in [9.17, 15) is 9.59 Å². The molecule has 1 aliphatic heterocycles. The fourth-order valence-corrected chi connectivity index (χ4v) is 6.63. The van der Waals surface area contributed by atoms with Crippen LogP contribution in [0.15, 0.2) is 77.5 Å². The molecular weight excluding hydrogens is 512 g/mol. The van der Waals surface area contributed by atoms with Gasteiger partial charge in [0.1, 0.15) is 5.52 Å². The number of nitrogens with zero attached hydrogens (tertiary/aromatic N) is 3.